The number of carbonyl (C=O) groups excluding carboxylic acids is 2. The van der Waals surface area contributed by atoms with E-state index in [1.807, 2.05) is 44.2 Å². The quantitative estimate of drug-likeness (QED) is 0.184. The lowest BCUT2D eigenvalue weighted by molar-refractivity contribution is -0.132. The van der Waals surface area contributed by atoms with E-state index in [1.54, 1.807) is 43.5 Å². The van der Waals surface area contributed by atoms with E-state index in [4.69, 9.17) is 9.47 Å². The van der Waals surface area contributed by atoms with Gasteiger partial charge in [-0.15, -0.1) is 0 Å². The molecular formula is C29H26N2O5S. The molecular weight excluding hydrogens is 488 g/mol. The van der Waals surface area contributed by atoms with Gasteiger partial charge in [0.15, 0.2) is 5.13 Å². The first-order chi connectivity index (χ1) is 17.9. The van der Waals surface area contributed by atoms with Gasteiger partial charge in [-0.1, -0.05) is 36.5 Å². The van der Waals surface area contributed by atoms with Crippen LogP contribution in [0, 0.1) is 6.92 Å². The number of hydrogen-bond acceptors (Lipinski definition) is 7. The molecule has 4 aromatic rings. The summed E-state index contributed by atoms with van der Waals surface area (Å²) >= 11 is 1.34. The highest BCUT2D eigenvalue weighted by Crippen LogP contribution is 2.44. The highest BCUT2D eigenvalue weighted by Gasteiger charge is 2.48. The molecule has 0 aliphatic carbocycles. The molecule has 1 amide bonds. The molecule has 5 rings (SSSR count). The van der Waals surface area contributed by atoms with Gasteiger partial charge in [0.1, 0.15) is 17.3 Å². The number of anilines is 1. The molecule has 1 fully saturated rings. The van der Waals surface area contributed by atoms with E-state index in [-0.39, 0.29) is 11.3 Å². The summed E-state index contributed by atoms with van der Waals surface area (Å²) in [6.07, 6.45) is 0.876. The Bertz CT molecular complexity index is 1510. The largest absolute Gasteiger partial charge is 0.507 e. The number of carbonyl (C=O) groups is 2. The van der Waals surface area contributed by atoms with Gasteiger partial charge >= 0.3 is 5.91 Å². The van der Waals surface area contributed by atoms with Crippen LogP contribution >= 0.6 is 11.3 Å². The molecule has 7 nitrogen and oxygen atoms in total. The molecule has 188 valence electrons. The Morgan fingerprint density at radius 1 is 1.03 bits per heavy atom. The highest BCUT2D eigenvalue weighted by atomic mass is 32.1. The molecule has 1 aliphatic heterocycles. The van der Waals surface area contributed by atoms with Crippen LogP contribution in [0.2, 0.25) is 0 Å². The predicted molar refractivity (Wildman–Crippen MR) is 144 cm³/mol. The summed E-state index contributed by atoms with van der Waals surface area (Å²) in [5.74, 6) is -0.451. The van der Waals surface area contributed by atoms with Crippen molar-refractivity contribution in [3.63, 3.8) is 0 Å². The lowest BCUT2D eigenvalue weighted by Crippen LogP contribution is -2.29. The Morgan fingerprint density at radius 3 is 2.41 bits per heavy atom. The van der Waals surface area contributed by atoms with Gasteiger partial charge in [-0.05, 0) is 73.0 Å². The number of aliphatic hydroxyl groups is 1. The van der Waals surface area contributed by atoms with Crippen molar-refractivity contribution in [3.8, 4) is 11.5 Å². The fourth-order valence-electron chi connectivity index (χ4n) is 4.34. The molecule has 0 spiro atoms. The number of rotatable bonds is 7. The van der Waals surface area contributed by atoms with Gasteiger partial charge < -0.3 is 14.6 Å². The molecule has 0 saturated carbocycles. The van der Waals surface area contributed by atoms with Crippen LogP contribution in [-0.2, 0) is 9.59 Å². The zero-order valence-corrected chi connectivity index (χ0v) is 21.5. The van der Waals surface area contributed by atoms with E-state index in [9.17, 15) is 14.7 Å². The van der Waals surface area contributed by atoms with Crippen molar-refractivity contribution < 1.29 is 24.2 Å². The smallest absolute Gasteiger partial charge is 0.301 e. The van der Waals surface area contributed by atoms with Crippen molar-refractivity contribution in [1.82, 2.24) is 4.98 Å². The standard InChI is InChI=1S/C29H26N2O5S/c1-4-15-36-21-12-6-18(7-13-21)25-24(26(32)19-8-10-20(35-3)11-9-19)27(33)28(34)31(25)29-30-22-14-5-17(2)16-23(22)37-29/h5-14,16,25,32H,4,15H2,1-3H3. The lowest BCUT2D eigenvalue weighted by atomic mass is 9.95. The first-order valence-corrected chi connectivity index (χ1v) is 12.8. The van der Waals surface area contributed by atoms with E-state index in [1.165, 1.54) is 16.2 Å². The fourth-order valence-corrected chi connectivity index (χ4v) is 5.43. The van der Waals surface area contributed by atoms with Crippen molar-refractivity contribution in [2.75, 3.05) is 18.6 Å². The van der Waals surface area contributed by atoms with Crippen molar-refractivity contribution in [2.24, 2.45) is 0 Å². The molecule has 0 radical (unpaired) electrons. The number of ether oxygens (including phenoxy) is 2. The van der Waals surface area contributed by atoms with Crippen molar-refractivity contribution in [2.45, 2.75) is 26.3 Å². The summed E-state index contributed by atoms with van der Waals surface area (Å²) in [7, 11) is 1.55. The SMILES string of the molecule is CCCOc1ccc(C2C(=C(O)c3ccc(OC)cc3)C(=O)C(=O)N2c2nc3ccc(C)cc3s2)cc1. The molecule has 8 heteroatoms. The third-order valence-electron chi connectivity index (χ3n) is 6.22. The van der Waals surface area contributed by atoms with E-state index in [0.29, 0.717) is 34.4 Å². The molecule has 0 bridgehead atoms. The van der Waals surface area contributed by atoms with E-state index >= 15 is 0 Å². The second kappa shape index (κ2) is 10.1. The van der Waals surface area contributed by atoms with Gasteiger partial charge in [0.2, 0.25) is 0 Å². The molecule has 2 heterocycles. The zero-order chi connectivity index (χ0) is 26.1. The second-order valence-corrected chi connectivity index (χ2v) is 9.79. The van der Waals surface area contributed by atoms with Crippen molar-refractivity contribution >= 4 is 44.1 Å². The molecule has 1 unspecified atom stereocenters. The Labute approximate surface area is 218 Å². The number of aromatic nitrogens is 1. The number of fused-ring (bicyclic) bond motifs is 1. The first-order valence-electron chi connectivity index (χ1n) is 12.0. The number of thiazole rings is 1. The Kier molecular flexibility index (Phi) is 6.67. The van der Waals surface area contributed by atoms with Crippen LogP contribution in [0.5, 0.6) is 11.5 Å². The number of nitrogens with zero attached hydrogens (tertiary/aromatic N) is 2. The average Bonchev–Trinajstić information content (AvgIpc) is 3.45. The minimum absolute atomic E-state index is 0.00725. The normalized spacial score (nSPS) is 16.9. The Hall–Kier alpha value is -4.17. The van der Waals surface area contributed by atoms with Crippen LogP contribution in [0.1, 0.15) is 36.1 Å². The van der Waals surface area contributed by atoms with Gasteiger partial charge in [0.25, 0.3) is 5.78 Å². The number of aliphatic hydroxyl groups excluding tert-OH is 1. The number of methoxy groups -OCH3 is 1. The third kappa shape index (κ3) is 4.56. The number of Topliss-reactive ketones (excluding diaryl/α,β-unsaturated/α-hetero) is 1. The predicted octanol–water partition coefficient (Wildman–Crippen LogP) is 6.03. The van der Waals surface area contributed by atoms with Gasteiger partial charge in [0.05, 0.1) is 35.5 Å². The molecule has 1 aliphatic rings. The number of hydrogen-bond donors (Lipinski definition) is 1. The molecule has 1 saturated heterocycles. The summed E-state index contributed by atoms with van der Waals surface area (Å²) in [6.45, 7) is 4.60. The van der Waals surface area contributed by atoms with Gasteiger partial charge in [0, 0.05) is 5.56 Å². The highest BCUT2D eigenvalue weighted by molar-refractivity contribution is 7.22. The first kappa shape index (κ1) is 24.5. The van der Waals surface area contributed by atoms with Crippen LogP contribution < -0.4 is 14.4 Å². The molecule has 1 aromatic heterocycles. The average molecular weight is 515 g/mol. The topological polar surface area (TPSA) is 89.0 Å². The molecule has 37 heavy (non-hydrogen) atoms. The van der Waals surface area contributed by atoms with Crippen LogP contribution in [-0.4, -0.2) is 35.5 Å². The minimum Gasteiger partial charge on any atom is -0.507 e. The van der Waals surface area contributed by atoms with Crippen LogP contribution in [0.4, 0.5) is 5.13 Å². The van der Waals surface area contributed by atoms with Crippen LogP contribution in [0.15, 0.2) is 72.3 Å². The maximum absolute atomic E-state index is 13.4. The second-order valence-electron chi connectivity index (χ2n) is 8.78. The number of benzene rings is 3. The van der Waals surface area contributed by atoms with Gasteiger partial charge in [-0.2, -0.15) is 0 Å². The van der Waals surface area contributed by atoms with E-state index in [2.05, 4.69) is 4.98 Å². The number of ketones is 1. The van der Waals surface area contributed by atoms with Crippen LogP contribution in [0.3, 0.4) is 0 Å². The third-order valence-corrected chi connectivity index (χ3v) is 7.23. The molecule has 3 aromatic carbocycles. The summed E-state index contributed by atoms with van der Waals surface area (Å²) < 4.78 is 11.8. The van der Waals surface area contributed by atoms with Gasteiger partial charge in [-0.25, -0.2) is 4.98 Å². The van der Waals surface area contributed by atoms with E-state index < -0.39 is 17.7 Å². The Morgan fingerprint density at radius 2 is 1.73 bits per heavy atom. The number of aryl methyl sites for hydroxylation is 1. The zero-order valence-electron chi connectivity index (χ0n) is 20.7. The number of amides is 1. The fraction of sp³-hybridized carbons (Fsp3) is 0.207. The van der Waals surface area contributed by atoms with Crippen molar-refractivity contribution in [1.29, 1.82) is 0 Å². The summed E-state index contributed by atoms with van der Waals surface area (Å²) in [5, 5.41) is 11.7. The Balaban J connectivity index is 1.66. The summed E-state index contributed by atoms with van der Waals surface area (Å²) in [6, 6.07) is 18.9. The molecule has 1 N–H and O–H groups in total. The van der Waals surface area contributed by atoms with Crippen molar-refractivity contribution in [3.05, 3.63) is 89.0 Å². The summed E-state index contributed by atoms with van der Waals surface area (Å²) in [5.41, 5.74) is 2.89. The summed E-state index contributed by atoms with van der Waals surface area (Å²) in [4.78, 5) is 32.9. The van der Waals surface area contributed by atoms with Gasteiger partial charge in [-0.3, -0.25) is 14.5 Å². The molecule has 1 atom stereocenters. The van der Waals surface area contributed by atoms with E-state index in [0.717, 1.165) is 22.2 Å². The minimum atomic E-state index is -0.857. The monoisotopic (exact) mass is 514 g/mol. The maximum Gasteiger partial charge on any atom is 0.301 e. The lowest BCUT2D eigenvalue weighted by Gasteiger charge is -2.23. The maximum atomic E-state index is 13.4. The van der Waals surface area contributed by atoms with Crippen LogP contribution in [0.25, 0.3) is 16.0 Å².